The van der Waals surface area contributed by atoms with Gasteiger partial charge in [-0.15, -0.1) is 11.3 Å². The Morgan fingerprint density at radius 3 is 3.04 bits per heavy atom. The number of hydrogen-bond donors (Lipinski definition) is 2. The second-order valence-corrected chi connectivity index (χ2v) is 7.33. The van der Waals surface area contributed by atoms with E-state index in [1.54, 1.807) is 17.7 Å². The van der Waals surface area contributed by atoms with Crippen molar-refractivity contribution < 1.29 is 5.11 Å². The summed E-state index contributed by atoms with van der Waals surface area (Å²) in [6.45, 7) is 6.25. The second kappa shape index (κ2) is 7.90. The van der Waals surface area contributed by atoms with Gasteiger partial charge in [-0.3, -0.25) is 0 Å². The minimum absolute atomic E-state index is 0.175. The molecule has 1 aliphatic rings. The molecular weight excluding hydrogens is 322 g/mol. The normalized spacial score (nSPS) is 17.7. The standard InChI is InChI=1S/C17H25N5OS/c1-12(2)17-21-13(10-24-17)5-6-18-15-8-16(20-11-19-15)22-7-3-4-14(22)9-23/h8,10-12,14,23H,3-7,9H2,1-2H3,(H,18,19,20)/t14-/m0/s1. The number of anilines is 2. The van der Waals surface area contributed by atoms with Crippen LogP contribution in [0.4, 0.5) is 11.6 Å². The smallest absolute Gasteiger partial charge is 0.134 e. The molecule has 24 heavy (non-hydrogen) atoms. The minimum atomic E-state index is 0.175. The van der Waals surface area contributed by atoms with Crippen LogP contribution in [0.15, 0.2) is 17.8 Å². The molecule has 0 amide bonds. The van der Waals surface area contributed by atoms with Crippen LogP contribution in [0.25, 0.3) is 0 Å². The molecule has 0 spiro atoms. The zero-order valence-electron chi connectivity index (χ0n) is 14.3. The van der Waals surface area contributed by atoms with Crippen molar-refractivity contribution in [2.45, 2.75) is 45.1 Å². The van der Waals surface area contributed by atoms with E-state index in [4.69, 9.17) is 0 Å². The van der Waals surface area contributed by atoms with Gasteiger partial charge in [-0.25, -0.2) is 15.0 Å². The van der Waals surface area contributed by atoms with Gasteiger partial charge in [0.2, 0.25) is 0 Å². The van der Waals surface area contributed by atoms with E-state index < -0.39 is 0 Å². The van der Waals surface area contributed by atoms with Gasteiger partial charge in [-0.1, -0.05) is 13.8 Å². The third-order valence-corrected chi connectivity index (χ3v) is 5.48. The van der Waals surface area contributed by atoms with Crippen molar-refractivity contribution in [2.75, 3.05) is 29.9 Å². The highest BCUT2D eigenvalue weighted by atomic mass is 32.1. The molecule has 1 saturated heterocycles. The van der Waals surface area contributed by atoms with E-state index in [1.165, 1.54) is 5.01 Å². The van der Waals surface area contributed by atoms with Gasteiger partial charge < -0.3 is 15.3 Å². The van der Waals surface area contributed by atoms with Crippen molar-refractivity contribution in [3.63, 3.8) is 0 Å². The number of aliphatic hydroxyl groups is 1. The first kappa shape index (κ1) is 17.1. The maximum atomic E-state index is 9.47. The second-order valence-electron chi connectivity index (χ2n) is 6.44. The summed E-state index contributed by atoms with van der Waals surface area (Å²) in [4.78, 5) is 15.5. The summed E-state index contributed by atoms with van der Waals surface area (Å²) in [6, 6.07) is 2.14. The average Bonchev–Trinajstić information content (AvgIpc) is 3.24. The molecule has 0 bridgehead atoms. The average molecular weight is 347 g/mol. The maximum absolute atomic E-state index is 9.47. The molecule has 2 aromatic heterocycles. The molecule has 130 valence electrons. The lowest BCUT2D eigenvalue weighted by molar-refractivity contribution is 0.266. The summed E-state index contributed by atoms with van der Waals surface area (Å²) >= 11 is 1.73. The molecule has 0 unspecified atom stereocenters. The molecule has 7 heteroatoms. The van der Waals surface area contributed by atoms with Crippen LogP contribution in [-0.4, -0.2) is 45.8 Å². The first-order chi connectivity index (χ1) is 11.7. The molecule has 3 heterocycles. The molecule has 0 radical (unpaired) electrons. The number of rotatable bonds is 7. The van der Waals surface area contributed by atoms with Crippen LogP contribution >= 0.6 is 11.3 Å². The van der Waals surface area contributed by atoms with Gasteiger partial charge in [0.1, 0.15) is 18.0 Å². The Labute approximate surface area is 147 Å². The highest BCUT2D eigenvalue weighted by molar-refractivity contribution is 7.09. The zero-order valence-corrected chi connectivity index (χ0v) is 15.1. The van der Waals surface area contributed by atoms with Crippen molar-refractivity contribution in [1.29, 1.82) is 0 Å². The third-order valence-electron chi connectivity index (χ3n) is 4.29. The van der Waals surface area contributed by atoms with Crippen LogP contribution in [0.1, 0.15) is 43.3 Å². The first-order valence-electron chi connectivity index (χ1n) is 8.55. The Hall–Kier alpha value is -1.73. The number of thiazole rings is 1. The highest BCUT2D eigenvalue weighted by Gasteiger charge is 2.25. The van der Waals surface area contributed by atoms with E-state index in [0.29, 0.717) is 5.92 Å². The maximum Gasteiger partial charge on any atom is 0.134 e. The van der Waals surface area contributed by atoms with Crippen LogP contribution < -0.4 is 10.2 Å². The van der Waals surface area contributed by atoms with Gasteiger partial charge in [0.25, 0.3) is 0 Å². The van der Waals surface area contributed by atoms with E-state index in [-0.39, 0.29) is 12.6 Å². The first-order valence-corrected chi connectivity index (χ1v) is 9.43. The van der Waals surface area contributed by atoms with Gasteiger partial charge in [-0.2, -0.15) is 0 Å². The van der Waals surface area contributed by atoms with Crippen molar-refractivity contribution >= 4 is 23.0 Å². The fraction of sp³-hybridized carbons (Fsp3) is 0.588. The van der Waals surface area contributed by atoms with Crippen molar-refractivity contribution in [3.05, 3.63) is 28.5 Å². The van der Waals surface area contributed by atoms with Crippen LogP contribution in [0.3, 0.4) is 0 Å². The third kappa shape index (κ3) is 4.02. The van der Waals surface area contributed by atoms with Gasteiger partial charge in [-0.05, 0) is 12.8 Å². The molecule has 2 N–H and O–H groups in total. The Bertz CT molecular complexity index is 660. The fourth-order valence-corrected chi connectivity index (χ4v) is 3.82. The summed E-state index contributed by atoms with van der Waals surface area (Å²) in [5.74, 6) is 2.20. The molecule has 1 aliphatic heterocycles. The highest BCUT2D eigenvalue weighted by Crippen LogP contribution is 2.24. The van der Waals surface area contributed by atoms with Crippen LogP contribution in [-0.2, 0) is 6.42 Å². The van der Waals surface area contributed by atoms with E-state index in [0.717, 1.165) is 49.7 Å². The lowest BCUT2D eigenvalue weighted by Crippen LogP contribution is -2.32. The molecule has 0 aliphatic carbocycles. The van der Waals surface area contributed by atoms with Crippen molar-refractivity contribution in [1.82, 2.24) is 15.0 Å². The van der Waals surface area contributed by atoms with Gasteiger partial charge in [0.15, 0.2) is 0 Å². The van der Waals surface area contributed by atoms with E-state index >= 15 is 0 Å². The molecule has 0 saturated carbocycles. The van der Waals surface area contributed by atoms with Crippen molar-refractivity contribution in [2.24, 2.45) is 0 Å². The number of hydrogen-bond acceptors (Lipinski definition) is 7. The molecule has 0 aromatic carbocycles. The van der Waals surface area contributed by atoms with E-state index in [1.807, 2.05) is 6.07 Å². The summed E-state index contributed by atoms with van der Waals surface area (Å²) in [5.41, 5.74) is 1.13. The summed E-state index contributed by atoms with van der Waals surface area (Å²) < 4.78 is 0. The molecular formula is C17H25N5OS. The van der Waals surface area contributed by atoms with Crippen LogP contribution in [0.2, 0.25) is 0 Å². The number of aliphatic hydroxyl groups excluding tert-OH is 1. The minimum Gasteiger partial charge on any atom is -0.394 e. The monoisotopic (exact) mass is 347 g/mol. The lowest BCUT2D eigenvalue weighted by Gasteiger charge is -2.24. The van der Waals surface area contributed by atoms with Crippen LogP contribution in [0.5, 0.6) is 0 Å². The number of nitrogens with one attached hydrogen (secondary N) is 1. The van der Waals surface area contributed by atoms with E-state index in [2.05, 4.69) is 44.4 Å². The van der Waals surface area contributed by atoms with Crippen molar-refractivity contribution in [3.8, 4) is 0 Å². The van der Waals surface area contributed by atoms with Gasteiger partial charge >= 0.3 is 0 Å². The molecule has 6 nitrogen and oxygen atoms in total. The van der Waals surface area contributed by atoms with Gasteiger partial charge in [0.05, 0.1) is 23.4 Å². The summed E-state index contributed by atoms with van der Waals surface area (Å²) in [6.07, 6.45) is 4.58. The quantitative estimate of drug-likeness (QED) is 0.802. The Balaban J connectivity index is 1.56. The predicted molar refractivity (Wildman–Crippen MR) is 97.9 cm³/mol. The molecule has 3 rings (SSSR count). The number of aromatic nitrogens is 3. The van der Waals surface area contributed by atoms with E-state index in [9.17, 15) is 5.11 Å². The SMILES string of the molecule is CC(C)c1nc(CCNc2cc(N3CCC[C@H]3CO)ncn2)cs1. The number of nitrogens with zero attached hydrogens (tertiary/aromatic N) is 4. The Kier molecular flexibility index (Phi) is 5.63. The van der Waals surface area contributed by atoms with Gasteiger partial charge in [0, 0.05) is 36.9 Å². The molecule has 2 aromatic rings. The Morgan fingerprint density at radius 2 is 2.29 bits per heavy atom. The zero-order chi connectivity index (χ0) is 16.9. The topological polar surface area (TPSA) is 74.2 Å². The predicted octanol–water partition coefficient (Wildman–Crippen LogP) is 2.67. The summed E-state index contributed by atoms with van der Waals surface area (Å²) in [7, 11) is 0. The molecule has 1 atom stereocenters. The Morgan fingerprint density at radius 1 is 1.42 bits per heavy atom. The van der Waals surface area contributed by atoms with Crippen LogP contribution in [0, 0.1) is 0 Å². The largest absolute Gasteiger partial charge is 0.394 e. The molecule has 1 fully saturated rings. The lowest BCUT2D eigenvalue weighted by atomic mass is 10.2. The summed E-state index contributed by atoms with van der Waals surface area (Å²) in [5, 5.41) is 16.2. The fourth-order valence-electron chi connectivity index (χ4n) is 2.95.